The van der Waals surface area contributed by atoms with Crippen LogP contribution in [0, 0.1) is 5.82 Å². The molecule has 1 aliphatic rings. The second kappa shape index (κ2) is 12.6. The molecule has 5 aromatic rings. The second-order valence-corrected chi connectivity index (χ2v) is 11.3. The Morgan fingerprint density at radius 2 is 1.80 bits per heavy atom. The molecule has 1 saturated heterocycles. The van der Waals surface area contributed by atoms with Crippen LogP contribution in [0.15, 0.2) is 94.0 Å². The molecule has 41 heavy (non-hydrogen) atoms. The van der Waals surface area contributed by atoms with Gasteiger partial charge in [-0.3, -0.25) is 14.3 Å². The van der Waals surface area contributed by atoms with Gasteiger partial charge in [-0.2, -0.15) is 0 Å². The maximum Gasteiger partial charge on any atom is 0.273 e. The molecule has 4 heterocycles. The van der Waals surface area contributed by atoms with Crippen molar-refractivity contribution in [3.8, 4) is 17.3 Å². The standard InChI is InChI=1S/C30H27FN6O2S2/c31-23-11-4-5-12-25(23)37-28(26-13-7-19-39-26)33-34-30(37)41-21-27-32-24(20-40-27)29(38)36-17-15-35(16-18-36)14-6-10-22-8-2-1-3-9-22/h1-13,19-20H,14-18,21H2. The number of hydrogen-bond donors (Lipinski definition) is 0. The summed E-state index contributed by atoms with van der Waals surface area (Å²) < 4.78 is 21.9. The third kappa shape index (κ3) is 6.32. The smallest absolute Gasteiger partial charge is 0.273 e. The summed E-state index contributed by atoms with van der Waals surface area (Å²) >= 11 is 2.81. The fourth-order valence-electron chi connectivity index (χ4n) is 4.58. The van der Waals surface area contributed by atoms with E-state index in [1.54, 1.807) is 41.2 Å². The zero-order valence-electron chi connectivity index (χ0n) is 22.1. The average molecular weight is 587 g/mol. The monoisotopic (exact) mass is 586 g/mol. The van der Waals surface area contributed by atoms with Gasteiger partial charge in [0.2, 0.25) is 5.82 Å². The summed E-state index contributed by atoms with van der Waals surface area (Å²) in [5.74, 6) is 0.918. The first-order valence-electron chi connectivity index (χ1n) is 13.2. The average Bonchev–Trinajstić information content (AvgIpc) is 3.78. The van der Waals surface area contributed by atoms with Crippen molar-refractivity contribution in [1.29, 1.82) is 0 Å². The summed E-state index contributed by atoms with van der Waals surface area (Å²) in [5.41, 5.74) is 1.97. The summed E-state index contributed by atoms with van der Waals surface area (Å²) in [7, 11) is 0. The molecule has 8 nitrogen and oxygen atoms in total. The number of carbonyl (C=O) groups excluding carboxylic acids is 1. The molecule has 0 atom stereocenters. The molecular weight excluding hydrogens is 560 g/mol. The van der Waals surface area contributed by atoms with Crippen LogP contribution in [0.4, 0.5) is 4.39 Å². The zero-order valence-corrected chi connectivity index (χ0v) is 23.7. The first-order chi connectivity index (χ1) is 20.2. The molecule has 0 radical (unpaired) electrons. The van der Waals surface area contributed by atoms with Crippen molar-refractivity contribution < 1.29 is 13.6 Å². The summed E-state index contributed by atoms with van der Waals surface area (Å²) in [5, 5.41) is 11.7. The molecule has 208 valence electrons. The lowest BCUT2D eigenvalue weighted by Gasteiger charge is -2.33. The number of thioether (sulfide) groups is 1. The van der Waals surface area contributed by atoms with Crippen molar-refractivity contribution in [2.45, 2.75) is 10.9 Å². The van der Waals surface area contributed by atoms with E-state index in [-0.39, 0.29) is 5.91 Å². The van der Waals surface area contributed by atoms with Crippen molar-refractivity contribution >= 4 is 35.1 Å². The Kier molecular flexibility index (Phi) is 8.36. The van der Waals surface area contributed by atoms with Gasteiger partial charge in [0.15, 0.2) is 10.9 Å². The van der Waals surface area contributed by atoms with Crippen LogP contribution in [0.25, 0.3) is 23.3 Å². The number of hydrogen-bond acceptors (Lipinski definition) is 8. The molecule has 1 aliphatic heterocycles. The van der Waals surface area contributed by atoms with Crippen LogP contribution in [0.3, 0.4) is 0 Å². The predicted octanol–water partition coefficient (Wildman–Crippen LogP) is 5.89. The Morgan fingerprint density at radius 1 is 1.00 bits per heavy atom. The summed E-state index contributed by atoms with van der Waals surface area (Å²) in [6.07, 6.45) is 5.84. The Morgan fingerprint density at radius 3 is 2.59 bits per heavy atom. The molecule has 11 heteroatoms. The molecule has 0 saturated carbocycles. The van der Waals surface area contributed by atoms with E-state index in [0.717, 1.165) is 24.6 Å². The van der Waals surface area contributed by atoms with Crippen LogP contribution in [0.5, 0.6) is 0 Å². The second-order valence-electron chi connectivity index (χ2n) is 9.39. The Hall–Kier alpha value is -4.06. The number of rotatable bonds is 9. The number of halogens is 1. The SMILES string of the molecule is O=C(c1csc(CSc2nnc(-c3ccco3)n2-c2ccccc2F)n1)N1CCN(CC=Cc2ccccc2)CC1. The van der Waals surface area contributed by atoms with E-state index in [0.29, 0.717) is 47.0 Å². The van der Waals surface area contributed by atoms with Gasteiger partial charge in [0, 0.05) is 38.1 Å². The fraction of sp³-hybridized carbons (Fsp3) is 0.200. The summed E-state index contributed by atoms with van der Waals surface area (Å²) in [4.78, 5) is 22.0. The normalized spacial score (nSPS) is 14.2. The number of piperazine rings is 1. The van der Waals surface area contributed by atoms with E-state index in [4.69, 9.17) is 4.42 Å². The molecule has 0 unspecified atom stereocenters. The van der Waals surface area contributed by atoms with Crippen LogP contribution in [-0.4, -0.2) is 68.2 Å². The van der Waals surface area contributed by atoms with Gasteiger partial charge < -0.3 is 9.32 Å². The number of thiazole rings is 1. The molecule has 0 bridgehead atoms. The quantitative estimate of drug-likeness (QED) is 0.199. The number of amides is 1. The molecule has 2 aromatic carbocycles. The van der Waals surface area contributed by atoms with E-state index >= 15 is 0 Å². The topological polar surface area (TPSA) is 80.3 Å². The lowest BCUT2D eigenvalue weighted by molar-refractivity contribution is 0.0645. The van der Waals surface area contributed by atoms with Gasteiger partial charge in [0.1, 0.15) is 16.5 Å². The number of aromatic nitrogens is 4. The van der Waals surface area contributed by atoms with Gasteiger partial charge in [0.25, 0.3) is 5.91 Å². The van der Waals surface area contributed by atoms with Crippen LogP contribution in [0.1, 0.15) is 21.1 Å². The highest BCUT2D eigenvalue weighted by Gasteiger charge is 2.24. The van der Waals surface area contributed by atoms with E-state index in [1.165, 1.54) is 34.7 Å². The van der Waals surface area contributed by atoms with Crippen LogP contribution < -0.4 is 0 Å². The van der Waals surface area contributed by atoms with Gasteiger partial charge in [0.05, 0.1) is 17.7 Å². The molecule has 0 N–H and O–H groups in total. The Labute approximate surface area is 245 Å². The lowest BCUT2D eigenvalue weighted by atomic mass is 10.2. The van der Waals surface area contributed by atoms with Crippen LogP contribution >= 0.6 is 23.1 Å². The summed E-state index contributed by atoms with van der Waals surface area (Å²) in [6.45, 7) is 3.83. The molecular formula is C30H27FN6O2S2. The fourth-order valence-corrected chi connectivity index (χ4v) is 6.31. The van der Waals surface area contributed by atoms with Gasteiger partial charge in [-0.05, 0) is 29.8 Å². The van der Waals surface area contributed by atoms with Crippen molar-refractivity contribution in [1.82, 2.24) is 29.5 Å². The minimum absolute atomic E-state index is 0.0494. The zero-order chi connectivity index (χ0) is 28.0. The van der Waals surface area contributed by atoms with Gasteiger partial charge in [-0.1, -0.05) is 66.4 Å². The van der Waals surface area contributed by atoms with E-state index < -0.39 is 5.82 Å². The number of benzene rings is 2. The molecule has 1 amide bonds. The molecule has 3 aromatic heterocycles. The van der Waals surface area contributed by atoms with Gasteiger partial charge in [-0.15, -0.1) is 21.5 Å². The highest BCUT2D eigenvalue weighted by atomic mass is 32.2. The van der Waals surface area contributed by atoms with Crippen molar-refractivity contribution in [2.75, 3.05) is 32.7 Å². The number of furan rings is 1. The first-order valence-corrected chi connectivity index (χ1v) is 15.1. The van der Waals surface area contributed by atoms with Crippen molar-refractivity contribution in [2.24, 2.45) is 0 Å². The molecule has 0 spiro atoms. The number of nitrogens with zero attached hydrogens (tertiary/aromatic N) is 6. The predicted molar refractivity (Wildman–Crippen MR) is 159 cm³/mol. The van der Waals surface area contributed by atoms with E-state index in [1.807, 2.05) is 28.5 Å². The molecule has 1 fully saturated rings. The maximum absolute atomic E-state index is 14.8. The van der Waals surface area contributed by atoms with Crippen molar-refractivity contribution in [3.05, 3.63) is 107 Å². The first kappa shape index (κ1) is 27.1. The van der Waals surface area contributed by atoms with Crippen LogP contribution in [0.2, 0.25) is 0 Å². The minimum atomic E-state index is -0.392. The molecule has 6 rings (SSSR count). The van der Waals surface area contributed by atoms with E-state index in [2.05, 4.69) is 44.4 Å². The van der Waals surface area contributed by atoms with Gasteiger partial charge >= 0.3 is 0 Å². The van der Waals surface area contributed by atoms with Gasteiger partial charge in [-0.25, -0.2) is 9.37 Å². The summed E-state index contributed by atoms with van der Waals surface area (Å²) in [6, 6.07) is 20.2. The minimum Gasteiger partial charge on any atom is -0.461 e. The molecule has 0 aliphatic carbocycles. The largest absolute Gasteiger partial charge is 0.461 e. The Balaban J connectivity index is 1.07. The number of carbonyl (C=O) groups is 1. The third-order valence-corrected chi connectivity index (χ3v) is 8.67. The number of para-hydroxylation sites is 1. The highest BCUT2D eigenvalue weighted by Crippen LogP contribution is 2.31. The van der Waals surface area contributed by atoms with E-state index in [9.17, 15) is 9.18 Å². The van der Waals surface area contributed by atoms with Crippen LogP contribution in [-0.2, 0) is 5.75 Å². The Bertz CT molecular complexity index is 1630. The lowest BCUT2D eigenvalue weighted by Crippen LogP contribution is -2.48. The maximum atomic E-state index is 14.8. The van der Waals surface area contributed by atoms with Crippen molar-refractivity contribution in [3.63, 3.8) is 0 Å². The highest BCUT2D eigenvalue weighted by molar-refractivity contribution is 7.98. The third-order valence-electron chi connectivity index (χ3n) is 6.70.